The van der Waals surface area contributed by atoms with Crippen LogP contribution in [0.15, 0.2) is 47.1 Å². The second-order valence-corrected chi connectivity index (χ2v) is 7.10. The first-order valence-corrected chi connectivity index (χ1v) is 9.79. The van der Waals surface area contributed by atoms with Crippen LogP contribution in [0.3, 0.4) is 0 Å². The van der Waals surface area contributed by atoms with Crippen molar-refractivity contribution in [3.8, 4) is 11.5 Å². The number of likely N-dealkylation sites (N-methyl/N-ethyl adjacent to an activating group) is 1. The highest BCUT2D eigenvalue weighted by Gasteiger charge is 2.30. The molecule has 1 aromatic heterocycles. The average molecular weight is 409 g/mol. The summed E-state index contributed by atoms with van der Waals surface area (Å²) in [4.78, 5) is 30.1. The van der Waals surface area contributed by atoms with Gasteiger partial charge in [0.15, 0.2) is 12.3 Å². The molecule has 2 aromatic carbocycles. The fraction of sp³-hybridized carbons (Fsp3) is 0.318. The second-order valence-electron chi connectivity index (χ2n) is 7.10. The van der Waals surface area contributed by atoms with Gasteiger partial charge in [-0.1, -0.05) is 12.1 Å². The van der Waals surface area contributed by atoms with Crippen LogP contribution in [0.1, 0.15) is 29.7 Å². The van der Waals surface area contributed by atoms with E-state index in [1.165, 1.54) is 6.26 Å². The Kier molecular flexibility index (Phi) is 5.56. The van der Waals surface area contributed by atoms with Crippen molar-refractivity contribution in [1.82, 2.24) is 15.2 Å². The van der Waals surface area contributed by atoms with Crippen molar-refractivity contribution < 1.29 is 23.5 Å². The number of hydrogen-bond donors (Lipinski definition) is 1. The summed E-state index contributed by atoms with van der Waals surface area (Å²) in [6.07, 6.45) is 1.60. The van der Waals surface area contributed by atoms with Crippen LogP contribution >= 0.6 is 0 Å². The maximum absolute atomic E-state index is 12.4. The van der Waals surface area contributed by atoms with Crippen LogP contribution in [0.2, 0.25) is 0 Å². The Labute approximate surface area is 173 Å². The molecule has 1 fully saturated rings. The van der Waals surface area contributed by atoms with E-state index in [1.807, 2.05) is 43.3 Å². The van der Waals surface area contributed by atoms with Crippen molar-refractivity contribution in [2.24, 2.45) is 0 Å². The lowest BCUT2D eigenvalue weighted by atomic mass is 10.1. The second kappa shape index (κ2) is 8.44. The number of benzene rings is 2. The lowest BCUT2D eigenvalue weighted by molar-refractivity contribution is -0.127. The van der Waals surface area contributed by atoms with Gasteiger partial charge in [-0.2, -0.15) is 0 Å². The quantitative estimate of drug-likeness (QED) is 0.645. The van der Waals surface area contributed by atoms with E-state index >= 15 is 0 Å². The predicted octanol–water partition coefficient (Wildman–Crippen LogP) is 2.77. The van der Waals surface area contributed by atoms with Crippen molar-refractivity contribution in [3.05, 3.63) is 54.2 Å². The standard InChI is InChI=1S/C22H23N3O5/c1-3-25-11-16(10-21(25)26)23-22(27)19-12-30-20(24-19)13-29-18-7-5-14-4-6-17(28-2)8-15(14)9-18/h4-9,12,16H,3,10-11,13H2,1-2H3,(H,23,27)/t16-/m1/s1. The molecule has 2 heterocycles. The Morgan fingerprint density at radius 3 is 2.73 bits per heavy atom. The number of rotatable bonds is 7. The number of hydrogen-bond acceptors (Lipinski definition) is 6. The molecule has 4 rings (SSSR count). The van der Waals surface area contributed by atoms with Crippen LogP contribution in [0.4, 0.5) is 0 Å². The zero-order valence-electron chi connectivity index (χ0n) is 16.9. The Morgan fingerprint density at radius 2 is 2.00 bits per heavy atom. The van der Waals surface area contributed by atoms with E-state index in [0.717, 1.165) is 16.5 Å². The molecule has 0 saturated carbocycles. The summed E-state index contributed by atoms with van der Waals surface area (Å²) in [5, 5.41) is 4.90. The number of oxazole rings is 1. The molecule has 0 radical (unpaired) electrons. The largest absolute Gasteiger partial charge is 0.497 e. The maximum atomic E-state index is 12.4. The molecule has 3 aromatic rings. The number of aromatic nitrogens is 1. The zero-order chi connectivity index (χ0) is 21.1. The minimum Gasteiger partial charge on any atom is -0.497 e. The van der Waals surface area contributed by atoms with Crippen molar-refractivity contribution >= 4 is 22.6 Å². The maximum Gasteiger partial charge on any atom is 0.273 e. The SMILES string of the molecule is CCN1C[C@H](NC(=O)c2coc(COc3ccc4ccc(OC)cc4c3)n2)CC1=O. The lowest BCUT2D eigenvalue weighted by Crippen LogP contribution is -2.37. The van der Waals surface area contributed by atoms with E-state index in [1.54, 1.807) is 12.0 Å². The fourth-order valence-corrected chi connectivity index (χ4v) is 3.48. The van der Waals surface area contributed by atoms with E-state index in [-0.39, 0.29) is 30.2 Å². The molecule has 8 heteroatoms. The van der Waals surface area contributed by atoms with Crippen LogP contribution < -0.4 is 14.8 Å². The van der Waals surface area contributed by atoms with E-state index in [9.17, 15) is 9.59 Å². The topological polar surface area (TPSA) is 93.9 Å². The van der Waals surface area contributed by atoms with Crippen LogP contribution in [0.25, 0.3) is 10.8 Å². The van der Waals surface area contributed by atoms with Gasteiger partial charge >= 0.3 is 0 Å². The molecular formula is C22H23N3O5. The number of nitrogens with one attached hydrogen (secondary N) is 1. The summed E-state index contributed by atoms with van der Waals surface area (Å²) in [7, 11) is 1.63. The Hall–Kier alpha value is -3.55. The lowest BCUT2D eigenvalue weighted by Gasteiger charge is -2.13. The highest BCUT2D eigenvalue weighted by molar-refractivity contribution is 5.93. The highest BCUT2D eigenvalue weighted by atomic mass is 16.5. The average Bonchev–Trinajstić information content (AvgIpc) is 3.37. The van der Waals surface area contributed by atoms with Gasteiger partial charge in [-0.25, -0.2) is 4.98 Å². The molecule has 1 aliphatic heterocycles. The van der Waals surface area contributed by atoms with Crippen LogP contribution in [0.5, 0.6) is 11.5 Å². The molecule has 0 aliphatic carbocycles. The first kappa shape index (κ1) is 19.8. The normalized spacial score (nSPS) is 16.1. The minimum absolute atomic E-state index is 0.0463. The molecule has 2 amide bonds. The Balaban J connectivity index is 1.36. The molecular weight excluding hydrogens is 386 g/mol. The van der Waals surface area contributed by atoms with Gasteiger partial charge in [-0.05, 0) is 42.0 Å². The van der Waals surface area contributed by atoms with Crippen molar-refractivity contribution in [2.45, 2.75) is 26.0 Å². The van der Waals surface area contributed by atoms with E-state index in [2.05, 4.69) is 10.3 Å². The molecule has 1 aliphatic rings. The molecule has 156 valence electrons. The summed E-state index contributed by atoms with van der Waals surface area (Å²) < 4.78 is 16.4. The van der Waals surface area contributed by atoms with Gasteiger partial charge in [-0.15, -0.1) is 0 Å². The number of likely N-dealkylation sites (tertiary alicyclic amines) is 1. The fourth-order valence-electron chi connectivity index (χ4n) is 3.48. The van der Waals surface area contributed by atoms with Crippen molar-refractivity contribution in [3.63, 3.8) is 0 Å². The van der Waals surface area contributed by atoms with Gasteiger partial charge in [0.2, 0.25) is 11.8 Å². The molecule has 0 spiro atoms. The predicted molar refractivity (Wildman–Crippen MR) is 109 cm³/mol. The van der Waals surface area contributed by atoms with Crippen LogP contribution in [-0.4, -0.2) is 47.9 Å². The van der Waals surface area contributed by atoms with Crippen molar-refractivity contribution in [2.75, 3.05) is 20.2 Å². The van der Waals surface area contributed by atoms with Gasteiger partial charge < -0.3 is 24.1 Å². The van der Waals surface area contributed by atoms with Gasteiger partial charge in [0.05, 0.1) is 13.2 Å². The third-order valence-electron chi connectivity index (χ3n) is 5.10. The number of methoxy groups -OCH3 is 1. The van der Waals surface area contributed by atoms with E-state index < -0.39 is 0 Å². The number of ether oxygens (including phenoxy) is 2. The molecule has 1 saturated heterocycles. The number of carbonyl (C=O) groups excluding carboxylic acids is 2. The zero-order valence-corrected chi connectivity index (χ0v) is 16.9. The van der Waals surface area contributed by atoms with E-state index in [0.29, 0.717) is 31.2 Å². The molecule has 1 atom stereocenters. The van der Waals surface area contributed by atoms with Gasteiger partial charge in [0.25, 0.3) is 5.91 Å². The molecule has 30 heavy (non-hydrogen) atoms. The molecule has 0 bridgehead atoms. The number of carbonyl (C=O) groups is 2. The first-order chi connectivity index (χ1) is 14.6. The number of amides is 2. The number of fused-ring (bicyclic) bond motifs is 1. The van der Waals surface area contributed by atoms with Crippen LogP contribution in [0, 0.1) is 0 Å². The van der Waals surface area contributed by atoms with Crippen molar-refractivity contribution in [1.29, 1.82) is 0 Å². The third kappa shape index (κ3) is 4.22. The first-order valence-electron chi connectivity index (χ1n) is 9.79. The van der Waals surface area contributed by atoms with Crippen LogP contribution in [-0.2, 0) is 11.4 Å². The summed E-state index contributed by atoms with van der Waals surface area (Å²) in [5.41, 5.74) is 0.166. The molecule has 0 unspecified atom stereocenters. The molecule has 1 N–H and O–H groups in total. The smallest absolute Gasteiger partial charge is 0.273 e. The Morgan fingerprint density at radius 1 is 1.23 bits per heavy atom. The molecule has 8 nitrogen and oxygen atoms in total. The summed E-state index contributed by atoms with van der Waals surface area (Å²) in [6, 6.07) is 11.3. The summed E-state index contributed by atoms with van der Waals surface area (Å²) in [6.45, 7) is 3.16. The highest BCUT2D eigenvalue weighted by Crippen LogP contribution is 2.25. The summed E-state index contributed by atoms with van der Waals surface area (Å²) in [5.74, 6) is 1.41. The monoisotopic (exact) mass is 409 g/mol. The number of nitrogens with zero attached hydrogens (tertiary/aromatic N) is 2. The van der Waals surface area contributed by atoms with E-state index in [4.69, 9.17) is 13.9 Å². The minimum atomic E-state index is -0.362. The third-order valence-corrected chi connectivity index (χ3v) is 5.10. The van der Waals surface area contributed by atoms with Gasteiger partial charge in [0, 0.05) is 19.5 Å². The van der Waals surface area contributed by atoms with Gasteiger partial charge in [0.1, 0.15) is 17.8 Å². The van der Waals surface area contributed by atoms with Gasteiger partial charge in [-0.3, -0.25) is 9.59 Å². The Bertz CT molecular complexity index is 1080. The summed E-state index contributed by atoms with van der Waals surface area (Å²) >= 11 is 0.